The van der Waals surface area contributed by atoms with Crippen molar-refractivity contribution in [2.24, 2.45) is 0 Å². The van der Waals surface area contributed by atoms with Gasteiger partial charge in [-0.2, -0.15) is 12.6 Å². The van der Waals surface area contributed by atoms with Crippen LogP contribution in [0, 0.1) is 10.1 Å². The van der Waals surface area contributed by atoms with Crippen molar-refractivity contribution in [3.8, 4) is 5.75 Å². The summed E-state index contributed by atoms with van der Waals surface area (Å²) in [6.07, 6.45) is 0. The van der Waals surface area contributed by atoms with Gasteiger partial charge in [-0.25, -0.2) is 0 Å². The molecule has 17 heavy (non-hydrogen) atoms. The zero-order valence-electron chi connectivity index (χ0n) is 8.97. The van der Waals surface area contributed by atoms with Gasteiger partial charge in [0.2, 0.25) is 0 Å². The van der Waals surface area contributed by atoms with Crippen LogP contribution in [0.1, 0.15) is 0 Å². The lowest BCUT2D eigenvalue weighted by Gasteiger charge is -2.07. The maximum absolute atomic E-state index is 10.5. The van der Waals surface area contributed by atoms with E-state index in [1.54, 1.807) is 0 Å². The number of ether oxygens (including phenoxy) is 2. The van der Waals surface area contributed by atoms with Crippen LogP contribution >= 0.6 is 24.2 Å². The molecule has 94 valence electrons. The predicted octanol–water partition coefficient (Wildman–Crippen LogP) is 2.57. The summed E-state index contributed by atoms with van der Waals surface area (Å²) in [5.74, 6) is 1.06. The highest BCUT2D eigenvalue weighted by atomic mass is 35.5. The number of non-ortho nitro benzene ring substituents is 1. The molecule has 0 unspecified atom stereocenters. The molecule has 0 N–H and O–H groups in total. The van der Waals surface area contributed by atoms with Crippen LogP contribution in [0.2, 0.25) is 5.02 Å². The first kappa shape index (κ1) is 14.1. The molecule has 0 aromatic heterocycles. The highest BCUT2D eigenvalue weighted by molar-refractivity contribution is 7.80. The summed E-state index contributed by atoms with van der Waals surface area (Å²) in [6, 6.07) is 4.07. The molecule has 0 heterocycles. The summed E-state index contributed by atoms with van der Waals surface area (Å²) < 4.78 is 10.5. The van der Waals surface area contributed by atoms with Gasteiger partial charge in [0, 0.05) is 17.9 Å². The maximum atomic E-state index is 10.5. The Hall–Kier alpha value is -0.980. The Morgan fingerprint density at radius 1 is 1.35 bits per heavy atom. The van der Waals surface area contributed by atoms with Crippen molar-refractivity contribution in [3.05, 3.63) is 33.3 Å². The van der Waals surface area contributed by atoms with E-state index in [0.29, 0.717) is 31.3 Å². The minimum absolute atomic E-state index is 0.0614. The molecule has 0 saturated heterocycles. The van der Waals surface area contributed by atoms with Gasteiger partial charge in [-0.15, -0.1) is 0 Å². The van der Waals surface area contributed by atoms with Crippen LogP contribution in [0.15, 0.2) is 18.2 Å². The second-order valence-corrected chi connectivity index (χ2v) is 3.91. The summed E-state index contributed by atoms with van der Waals surface area (Å²) in [7, 11) is 0. The highest BCUT2D eigenvalue weighted by Gasteiger charge is 2.09. The van der Waals surface area contributed by atoms with Gasteiger partial charge < -0.3 is 9.47 Å². The van der Waals surface area contributed by atoms with Crippen LogP contribution in [-0.4, -0.2) is 30.5 Å². The topological polar surface area (TPSA) is 61.6 Å². The first-order valence-corrected chi connectivity index (χ1v) is 5.91. The van der Waals surface area contributed by atoms with E-state index in [-0.39, 0.29) is 10.7 Å². The molecule has 7 heteroatoms. The molecule has 0 aliphatic heterocycles. The quantitative estimate of drug-likeness (QED) is 0.360. The number of rotatable bonds is 7. The van der Waals surface area contributed by atoms with E-state index in [1.807, 2.05) is 0 Å². The second-order valence-electron chi connectivity index (χ2n) is 3.06. The molecule has 0 fully saturated rings. The van der Waals surface area contributed by atoms with Gasteiger partial charge in [0.05, 0.1) is 23.2 Å². The fourth-order valence-electron chi connectivity index (χ4n) is 1.10. The van der Waals surface area contributed by atoms with Gasteiger partial charge in [-0.05, 0) is 6.07 Å². The fraction of sp³-hybridized carbons (Fsp3) is 0.400. The van der Waals surface area contributed by atoms with Gasteiger partial charge in [-0.3, -0.25) is 10.1 Å². The highest BCUT2D eigenvalue weighted by Crippen LogP contribution is 2.28. The average molecular weight is 278 g/mol. The Balaban J connectivity index is 2.46. The first-order valence-electron chi connectivity index (χ1n) is 4.90. The van der Waals surface area contributed by atoms with Gasteiger partial charge in [0.25, 0.3) is 5.69 Å². The number of halogens is 1. The molecule has 5 nitrogen and oxygen atoms in total. The lowest BCUT2D eigenvalue weighted by Crippen LogP contribution is -2.08. The summed E-state index contributed by atoms with van der Waals surface area (Å²) in [5.41, 5.74) is -0.0614. The third-order valence-electron chi connectivity index (χ3n) is 1.85. The van der Waals surface area contributed by atoms with Crippen molar-refractivity contribution >= 4 is 29.9 Å². The van der Waals surface area contributed by atoms with E-state index in [9.17, 15) is 10.1 Å². The summed E-state index contributed by atoms with van der Waals surface area (Å²) in [6.45, 7) is 1.32. The summed E-state index contributed by atoms with van der Waals surface area (Å²) >= 11 is 9.82. The molecule has 1 rings (SSSR count). The molecule has 0 saturated carbocycles. The molecule has 0 aliphatic rings. The zero-order valence-corrected chi connectivity index (χ0v) is 10.6. The smallest absolute Gasteiger partial charge is 0.271 e. The number of thiol groups is 1. The molecule has 0 aliphatic carbocycles. The summed E-state index contributed by atoms with van der Waals surface area (Å²) in [5, 5.41) is 10.7. The molecule has 0 bridgehead atoms. The SMILES string of the molecule is O=[N+]([O-])c1ccc(OCCOCCS)c(Cl)c1. The molecular weight excluding hydrogens is 266 g/mol. The fourth-order valence-corrected chi connectivity index (χ4v) is 1.46. The van der Waals surface area contributed by atoms with Gasteiger partial charge in [0.1, 0.15) is 12.4 Å². The Bertz CT molecular complexity index is 389. The molecule has 0 amide bonds. The third-order valence-corrected chi connectivity index (χ3v) is 2.33. The average Bonchev–Trinajstić information content (AvgIpc) is 2.30. The van der Waals surface area contributed by atoms with E-state index in [0.717, 1.165) is 0 Å². The van der Waals surface area contributed by atoms with Gasteiger partial charge in [-0.1, -0.05) is 11.6 Å². The number of hydrogen-bond donors (Lipinski definition) is 1. The van der Waals surface area contributed by atoms with Gasteiger partial charge >= 0.3 is 0 Å². The third kappa shape index (κ3) is 4.80. The maximum Gasteiger partial charge on any atom is 0.271 e. The monoisotopic (exact) mass is 277 g/mol. The van der Waals surface area contributed by atoms with E-state index < -0.39 is 4.92 Å². The number of nitro benzene ring substituents is 1. The molecule has 1 aromatic carbocycles. The Labute approximate surface area is 109 Å². The molecular formula is C10H12ClNO4S. The minimum atomic E-state index is -0.508. The van der Waals surface area contributed by atoms with Crippen LogP contribution in [0.3, 0.4) is 0 Å². The van der Waals surface area contributed by atoms with Crippen LogP contribution in [0.5, 0.6) is 5.75 Å². The van der Waals surface area contributed by atoms with Crippen molar-refractivity contribution in [1.82, 2.24) is 0 Å². The van der Waals surface area contributed by atoms with Crippen LogP contribution < -0.4 is 4.74 Å². The Morgan fingerprint density at radius 3 is 2.71 bits per heavy atom. The number of hydrogen-bond acceptors (Lipinski definition) is 5. The van der Waals surface area contributed by atoms with E-state index in [4.69, 9.17) is 21.1 Å². The minimum Gasteiger partial charge on any atom is -0.490 e. The molecule has 0 radical (unpaired) electrons. The van der Waals surface area contributed by atoms with E-state index in [1.165, 1.54) is 18.2 Å². The van der Waals surface area contributed by atoms with Crippen LogP contribution in [0.25, 0.3) is 0 Å². The number of benzene rings is 1. The van der Waals surface area contributed by atoms with Crippen LogP contribution in [-0.2, 0) is 4.74 Å². The first-order chi connectivity index (χ1) is 8.15. The van der Waals surface area contributed by atoms with Gasteiger partial charge in [0.15, 0.2) is 0 Å². The zero-order chi connectivity index (χ0) is 12.7. The number of nitro groups is 1. The summed E-state index contributed by atoms with van der Waals surface area (Å²) in [4.78, 5) is 9.97. The van der Waals surface area contributed by atoms with Crippen molar-refractivity contribution in [3.63, 3.8) is 0 Å². The van der Waals surface area contributed by atoms with E-state index in [2.05, 4.69) is 12.6 Å². The lowest BCUT2D eigenvalue weighted by atomic mass is 10.3. The van der Waals surface area contributed by atoms with Crippen molar-refractivity contribution in [2.75, 3.05) is 25.6 Å². The second kappa shape index (κ2) is 7.37. The molecule has 1 aromatic rings. The Kier molecular flexibility index (Phi) is 6.10. The van der Waals surface area contributed by atoms with Crippen molar-refractivity contribution in [2.45, 2.75) is 0 Å². The largest absolute Gasteiger partial charge is 0.490 e. The number of nitrogens with zero attached hydrogens (tertiary/aromatic N) is 1. The molecule has 0 atom stereocenters. The van der Waals surface area contributed by atoms with E-state index >= 15 is 0 Å². The predicted molar refractivity (Wildman–Crippen MR) is 68.3 cm³/mol. The lowest BCUT2D eigenvalue weighted by molar-refractivity contribution is -0.384. The van der Waals surface area contributed by atoms with Crippen LogP contribution in [0.4, 0.5) is 5.69 Å². The Morgan fingerprint density at radius 2 is 2.12 bits per heavy atom. The van der Waals surface area contributed by atoms with Crippen molar-refractivity contribution < 1.29 is 14.4 Å². The normalized spacial score (nSPS) is 10.2. The van der Waals surface area contributed by atoms with Crippen molar-refractivity contribution in [1.29, 1.82) is 0 Å². The molecule has 0 spiro atoms. The standard InChI is InChI=1S/C10H12ClNO4S/c11-9-7-8(12(13)14)1-2-10(9)16-4-3-15-5-6-17/h1-2,7,17H,3-6H2.